The van der Waals surface area contributed by atoms with Crippen LogP contribution < -0.4 is 5.73 Å². The Kier molecular flexibility index (Phi) is 2.54. The first kappa shape index (κ1) is 11.0. The van der Waals surface area contributed by atoms with Crippen molar-refractivity contribution in [3.05, 3.63) is 24.5 Å². The third-order valence-corrected chi connectivity index (χ3v) is 4.97. The van der Waals surface area contributed by atoms with Gasteiger partial charge >= 0.3 is 0 Å². The Labute approximate surface area is 105 Å². The molecule has 0 radical (unpaired) electrons. The number of nitrogen functional groups attached to an aromatic ring is 1. The third kappa shape index (κ3) is 2.02. The third-order valence-electron chi connectivity index (χ3n) is 3.45. The molecule has 1 aliphatic rings. The summed E-state index contributed by atoms with van der Waals surface area (Å²) in [4.78, 5) is 4.43. The number of aromatic nitrogens is 2. The van der Waals surface area contributed by atoms with Crippen LogP contribution in [0.4, 0.5) is 5.69 Å². The quantitative estimate of drug-likeness (QED) is 0.830. The van der Waals surface area contributed by atoms with Gasteiger partial charge in [-0.2, -0.15) is 11.8 Å². The number of hydrogen-bond acceptors (Lipinski definition) is 3. The van der Waals surface area contributed by atoms with E-state index >= 15 is 0 Å². The summed E-state index contributed by atoms with van der Waals surface area (Å²) in [6.07, 6.45) is 4.57. The maximum atomic E-state index is 5.77. The van der Waals surface area contributed by atoms with Gasteiger partial charge in [0.1, 0.15) is 0 Å². The first-order valence-corrected chi connectivity index (χ1v) is 6.99. The standard InChI is InChI=1S/C13H17N3S/c1-13(5-2-6-17-13)8-16-9-15-11-7-10(14)3-4-12(11)16/h3-4,7,9H,2,5-6,8,14H2,1H3. The fourth-order valence-corrected chi connectivity index (χ4v) is 3.83. The van der Waals surface area contributed by atoms with E-state index in [0.29, 0.717) is 4.75 Å². The number of rotatable bonds is 2. The Morgan fingerprint density at radius 3 is 3.18 bits per heavy atom. The number of benzene rings is 1. The lowest BCUT2D eigenvalue weighted by molar-refractivity contribution is 0.518. The minimum Gasteiger partial charge on any atom is -0.399 e. The molecule has 0 amide bonds. The van der Waals surface area contributed by atoms with Gasteiger partial charge in [0.15, 0.2) is 0 Å². The molecular weight excluding hydrogens is 230 g/mol. The van der Waals surface area contributed by atoms with E-state index in [1.807, 2.05) is 18.5 Å². The highest BCUT2D eigenvalue weighted by molar-refractivity contribution is 8.00. The molecule has 0 saturated carbocycles. The van der Waals surface area contributed by atoms with Crippen molar-refractivity contribution in [2.24, 2.45) is 0 Å². The molecule has 2 aromatic rings. The molecule has 1 saturated heterocycles. The Morgan fingerprint density at radius 2 is 2.41 bits per heavy atom. The Morgan fingerprint density at radius 1 is 1.53 bits per heavy atom. The lowest BCUT2D eigenvalue weighted by Gasteiger charge is -2.23. The normalized spacial score (nSPS) is 24.5. The lowest BCUT2D eigenvalue weighted by atomic mass is 10.1. The molecular formula is C13H17N3S. The van der Waals surface area contributed by atoms with E-state index in [0.717, 1.165) is 17.7 Å². The molecule has 1 aromatic carbocycles. The van der Waals surface area contributed by atoms with Gasteiger partial charge in [0.2, 0.25) is 0 Å². The van der Waals surface area contributed by atoms with Crippen LogP contribution in [0.2, 0.25) is 0 Å². The van der Waals surface area contributed by atoms with E-state index in [1.54, 1.807) is 0 Å². The fraction of sp³-hybridized carbons (Fsp3) is 0.462. The van der Waals surface area contributed by atoms with E-state index in [2.05, 4.69) is 34.3 Å². The highest BCUT2D eigenvalue weighted by atomic mass is 32.2. The molecule has 1 atom stereocenters. The number of hydrogen-bond donors (Lipinski definition) is 1. The van der Waals surface area contributed by atoms with Gasteiger partial charge in [-0.3, -0.25) is 0 Å². The molecule has 90 valence electrons. The number of nitrogens with two attached hydrogens (primary N) is 1. The molecule has 2 heterocycles. The molecule has 1 unspecified atom stereocenters. The number of anilines is 1. The van der Waals surface area contributed by atoms with E-state index in [9.17, 15) is 0 Å². The van der Waals surface area contributed by atoms with Gasteiger partial charge in [0.05, 0.1) is 17.4 Å². The van der Waals surface area contributed by atoms with Crippen LogP contribution in [0, 0.1) is 0 Å². The van der Waals surface area contributed by atoms with Crippen LogP contribution in [-0.2, 0) is 6.54 Å². The van der Waals surface area contributed by atoms with Crippen molar-refractivity contribution >= 4 is 28.5 Å². The van der Waals surface area contributed by atoms with Crippen LogP contribution in [0.15, 0.2) is 24.5 Å². The SMILES string of the molecule is CC1(Cn2cnc3cc(N)ccc32)CCCS1. The van der Waals surface area contributed by atoms with Crippen LogP contribution in [0.3, 0.4) is 0 Å². The Hall–Kier alpha value is -1.16. The van der Waals surface area contributed by atoms with Crippen molar-refractivity contribution < 1.29 is 0 Å². The summed E-state index contributed by atoms with van der Waals surface area (Å²) >= 11 is 2.08. The largest absolute Gasteiger partial charge is 0.399 e. The highest BCUT2D eigenvalue weighted by Gasteiger charge is 2.30. The zero-order valence-electron chi connectivity index (χ0n) is 10.0. The van der Waals surface area contributed by atoms with E-state index < -0.39 is 0 Å². The van der Waals surface area contributed by atoms with Crippen molar-refractivity contribution in [2.45, 2.75) is 31.1 Å². The first-order valence-electron chi connectivity index (χ1n) is 6.01. The monoisotopic (exact) mass is 247 g/mol. The summed E-state index contributed by atoms with van der Waals surface area (Å²) in [6, 6.07) is 5.96. The second-order valence-corrected chi connectivity index (χ2v) is 6.71. The maximum absolute atomic E-state index is 5.77. The topological polar surface area (TPSA) is 43.8 Å². The van der Waals surface area contributed by atoms with Gasteiger partial charge in [-0.1, -0.05) is 0 Å². The molecule has 17 heavy (non-hydrogen) atoms. The van der Waals surface area contributed by atoms with Gasteiger partial charge < -0.3 is 10.3 Å². The molecule has 1 fully saturated rings. The number of imidazole rings is 1. The molecule has 0 bridgehead atoms. The van der Waals surface area contributed by atoms with E-state index in [-0.39, 0.29) is 0 Å². The lowest BCUT2D eigenvalue weighted by Crippen LogP contribution is -2.23. The highest BCUT2D eigenvalue weighted by Crippen LogP contribution is 2.39. The van der Waals surface area contributed by atoms with Gasteiger partial charge in [-0.05, 0) is 43.7 Å². The molecule has 3 rings (SSSR count). The van der Waals surface area contributed by atoms with Crippen molar-refractivity contribution in [1.82, 2.24) is 9.55 Å². The van der Waals surface area contributed by atoms with Crippen LogP contribution in [0.1, 0.15) is 19.8 Å². The smallest absolute Gasteiger partial charge is 0.0958 e. The summed E-state index contributed by atoms with van der Waals surface area (Å²) in [5, 5.41) is 0. The number of fused-ring (bicyclic) bond motifs is 1. The van der Waals surface area contributed by atoms with Crippen LogP contribution >= 0.6 is 11.8 Å². The summed E-state index contributed by atoms with van der Waals surface area (Å²) in [7, 11) is 0. The molecule has 3 nitrogen and oxygen atoms in total. The zero-order chi connectivity index (χ0) is 11.9. The minimum absolute atomic E-state index is 0.370. The number of thioether (sulfide) groups is 1. The Bertz CT molecular complexity index is 541. The first-order chi connectivity index (χ1) is 8.16. The van der Waals surface area contributed by atoms with Gasteiger partial charge in [-0.25, -0.2) is 4.98 Å². The van der Waals surface area contributed by atoms with Gasteiger partial charge in [0, 0.05) is 17.0 Å². The molecule has 1 aromatic heterocycles. The average molecular weight is 247 g/mol. The van der Waals surface area contributed by atoms with E-state index in [1.165, 1.54) is 24.1 Å². The van der Waals surface area contributed by atoms with E-state index in [4.69, 9.17) is 5.73 Å². The van der Waals surface area contributed by atoms with Crippen LogP contribution in [0.25, 0.3) is 11.0 Å². The molecule has 1 aliphatic heterocycles. The van der Waals surface area contributed by atoms with Crippen molar-refractivity contribution in [3.8, 4) is 0 Å². The molecule has 0 spiro atoms. The Balaban J connectivity index is 1.95. The van der Waals surface area contributed by atoms with Gasteiger partial charge in [0.25, 0.3) is 0 Å². The summed E-state index contributed by atoms with van der Waals surface area (Å²) in [6.45, 7) is 3.39. The molecule has 2 N–H and O–H groups in total. The van der Waals surface area contributed by atoms with Gasteiger partial charge in [-0.15, -0.1) is 0 Å². The summed E-state index contributed by atoms with van der Waals surface area (Å²) in [5.41, 5.74) is 8.74. The second-order valence-electron chi connectivity index (χ2n) is 5.02. The zero-order valence-corrected chi connectivity index (χ0v) is 10.8. The number of nitrogens with zero attached hydrogens (tertiary/aromatic N) is 2. The second kappa shape index (κ2) is 3.95. The molecule has 4 heteroatoms. The van der Waals surface area contributed by atoms with Crippen molar-refractivity contribution in [3.63, 3.8) is 0 Å². The molecule has 0 aliphatic carbocycles. The van der Waals surface area contributed by atoms with Crippen LogP contribution in [-0.4, -0.2) is 20.1 Å². The minimum atomic E-state index is 0.370. The maximum Gasteiger partial charge on any atom is 0.0958 e. The summed E-state index contributed by atoms with van der Waals surface area (Å²) in [5.74, 6) is 1.29. The predicted octanol–water partition coefficient (Wildman–Crippen LogP) is 2.90. The van der Waals surface area contributed by atoms with Crippen molar-refractivity contribution in [2.75, 3.05) is 11.5 Å². The van der Waals surface area contributed by atoms with Crippen molar-refractivity contribution in [1.29, 1.82) is 0 Å². The fourth-order valence-electron chi connectivity index (χ4n) is 2.53. The summed E-state index contributed by atoms with van der Waals surface area (Å²) < 4.78 is 2.63. The average Bonchev–Trinajstić information content (AvgIpc) is 2.87. The van der Waals surface area contributed by atoms with Crippen LogP contribution in [0.5, 0.6) is 0 Å². The predicted molar refractivity (Wildman–Crippen MR) is 74.2 cm³/mol.